The number of methoxy groups -OCH3 is 1. The second-order valence-corrected chi connectivity index (χ2v) is 5.50. The summed E-state index contributed by atoms with van der Waals surface area (Å²) in [6, 6.07) is 3.02. The number of aliphatic carboxylic acids is 1. The molecule has 1 saturated carbocycles. The summed E-state index contributed by atoms with van der Waals surface area (Å²) >= 11 is 0. The van der Waals surface area contributed by atoms with Crippen LogP contribution in [0.5, 0.6) is 0 Å². The van der Waals surface area contributed by atoms with Gasteiger partial charge < -0.3 is 15.2 Å². The van der Waals surface area contributed by atoms with Gasteiger partial charge >= 0.3 is 11.9 Å². The fourth-order valence-corrected chi connectivity index (χ4v) is 2.56. The highest BCUT2D eigenvalue weighted by atomic mass is 16.5. The number of esters is 1. The zero-order valence-electron chi connectivity index (χ0n) is 11.9. The first-order valence-corrected chi connectivity index (χ1v) is 6.37. The third kappa shape index (κ3) is 2.58. The van der Waals surface area contributed by atoms with Crippen molar-refractivity contribution in [3.8, 4) is 0 Å². The highest BCUT2D eigenvalue weighted by Gasteiger charge is 2.66. The number of pyridine rings is 1. The van der Waals surface area contributed by atoms with E-state index in [-0.39, 0.29) is 11.4 Å². The van der Waals surface area contributed by atoms with E-state index in [2.05, 4.69) is 15.0 Å². The second-order valence-electron chi connectivity index (χ2n) is 5.50. The van der Waals surface area contributed by atoms with Gasteiger partial charge in [0, 0.05) is 6.20 Å². The van der Waals surface area contributed by atoms with Gasteiger partial charge in [-0.2, -0.15) is 0 Å². The molecule has 1 aliphatic rings. The molecule has 21 heavy (non-hydrogen) atoms. The normalized spacial score (nSPS) is 22.2. The molecule has 0 bridgehead atoms. The summed E-state index contributed by atoms with van der Waals surface area (Å²) in [5.41, 5.74) is -0.491. The number of carbonyl (C=O) groups excluding carboxylic acids is 2. The number of hydrogen-bond acceptors (Lipinski definition) is 5. The number of carbonyl (C=O) groups is 3. The highest BCUT2D eigenvalue weighted by molar-refractivity contribution is 6.03. The summed E-state index contributed by atoms with van der Waals surface area (Å²) in [6.07, 6.45) is 1.43. The van der Waals surface area contributed by atoms with Crippen molar-refractivity contribution < 1.29 is 24.2 Å². The number of carboxylic acids is 1. The Balaban J connectivity index is 2.19. The summed E-state index contributed by atoms with van der Waals surface area (Å²) in [5, 5.41) is 11.6. The predicted molar refractivity (Wildman–Crippen MR) is 72.6 cm³/mol. The van der Waals surface area contributed by atoms with E-state index >= 15 is 0 Å². The average Bonchev–Trinajstić information content (AvgIpc) is 3.02. The minimum absolute atomic E-state index is 0.0705. The van der Waals surface area contributed by atoms with Crippen LogP contribution in [-0.2, 0) is 14.3 Å². The first kappa shape index (κ1) is 15.0. The van der Waals surface area contributed by atoms with Crippen molar-refractivity contribution in [1.29, 1.82) is 0 Å². The Hall–Kier alpha value is -2.44. The maximum absolute atomic E-state index is 12.2. The molecule has 2 rings (SSSR count). The van der Waals surface area contributed by atoms with Crippen molar-refractivity contribution in [2.75, 3.05) is 12.4 Å². The van der Waals surface area contributed by atoms with Crippen LogP contribution in [0.15, 0.2) is 18.3 Å². The first-order chi connectivity index (χ1) is 9.80. The smallest absolute Gasteiger partial charge is 0.341 e. The molecule has 7 heteroatoms. The third-order valence-electron chi connectivity index (χ3n) is 3.83. The van der Waals surface area contributed by atoms with E-state index in [1.807, 2.05) is 0 Å². The van der Waals surface area contributed by atoms with Crippen molar-refractivity contribution in [1.82, 2.24) is 4.98 Å². The van der Waals surface area contributed by atoms with Crippen LogP contribution in [0.25, 0.3) is 0 Å². The summed E-state index contributed by atoms with van der Waals surface area (Å²) in [7, 11) is 1.23. The molecule has 7 nitrogen and oxygen atoms in total. The molecule has 0 aliphatic heterocycles. The van der Waals surface area contributed by atoms with Gasteiger partial charge in [-0.15, -0.1) is 0 Å². The van der Waals surface area contributed by atoms with Crippen LogP contribution < -0.4 is 5.32 Å². The molecule has 1 amide bonds. The van der Waals surface area contributed by atoms with Crippen molar-refractivity contribution in [3.63, 3.8) is 0 Å². The summed E-state index contributed by atoms with van der Waals surface area (Å²) in [5.74, 6) is -3.40. The number of aromatic nitrogens is 1. The molecule has 112 valence electrons. The minimum atomic E-state index is -1.01. The minimum Gasteiger partial charge on any atom is -0.481 e. The quantitative estimate of drug-likeness (QED) is 0.807. The Morgan fingerprint density at radius 2 is 2.00 bits per heavy atom. The van der Waals surface area contributed by atoms with E-state index in [1.165, 1.54) is 19.4 Å². The van der Waals surface area contributed by atoms with E-state index in [0.717, 1.165) is 0 Å². The molecule has 1 fully saturated rings. The number of nitrogens with one attached hydrogen (secondary N) is 1. The van der Waals surface area contributed by atoms with E-state index in [9.17, 15) is 14.4 Å². The standard InChI is InChI=1S/C14H16N2O5/c1-14(2)8(9(14)12(18)19)11(17)16-10-7(13(20)21-3)5-4-6-15-10/h4-6,8-9H,1-3H3,(H,18,19)(H,15,16,17)/t8-,9+/m0/s1. The molecule has 2 atom stereocenters. The molecule has 1 aliphatic carbocycles. The number of rotatable bonds is 4. The van der Waals surface area contributed by atoms with Crippen LogP contribution >= 0.6 is 0 Å². The fourth-order valence-electron chi connectivity index (χ4n) is 2.56. The number of nitrogens with zero attached hydrogens (tertiary/aromatic N) is 1. The molecule has 1 aromatic rings. The number of ether oxygens (including phenoxy) is 1. The second kappa shape index (κ2) is 5.16. The lowest BCUT2D eigenvalue weighted by molar-refractivity contribution is -0.140. The largest absolute Gasteiger partial charge is 0.481 e. The lowest BCUT2D eigenvalue weighted by Gasteiger charge is -2.08. The Bertz CT molecular complexity index is 611. The molecule has 0 radical (unpaired) electrons. The molecule has 1 heterocycles. The van der Waals surface area contributed by atoms with Gasteiger partial charge in [-0.05, 0) is 17.5 Å². The number of amides is 1. The van der Waals surface area contributed by atoms with Gasteiger partial charge in [0.1, 0.15) is 11.4 Å². The van der Waals surface area contributed by atoms with Crippen molar-refractivity contribution in [2.24, 2.45) is 17.3 Å². The number of anilines is 1. The lowest BCUT2D eigenvalue weighted by atomic mass is 10.1. The van der Waals surface area contributed by atoms with Crippen molar-refractivity contribution in [3.05, 3.63) is 23.9 Å². The topological polar surface area (TPSA) is 106 Å². The van der Waals surface area contributed by atoms with Gasteiger partial charge in [-0.3, -0.25) is 9.59 Å². The Morgan fingerprint density at radius 3 is 2.52 bits per heavy atom. The maximum atomic E-state index is 12.2. The first-order valence-electron chi connectivity index (χ1n) is 6.37. The van der Waals surface area contributed by atoms with E-state index in [1.54, 1.807) is 19.9 Å². The van der Waals surface area contributed by atoms with E-state index in [0.29, 0.717) is 0 Å². The third-order valence-corrected chi connectivity index (χ3v) is 3.83. The van der Waals surface area contributed by atoms with Crippen LogP contribution in [0.4, 0.5) is 5.82 Å². The van der Waals surface area contributed by atoms with Crippen LogP contribution in [0.1, 0.15) is 24.2 Å². The number of hydrogen-bond donors (Lipinski definition) is 2. The number of carboxylic acid groups (broad SMARTS) is 1. The summed E-state index contributed by atoms with van der Waals surface area (Å²) < 4.78 is 4.61. The zero-order valence-corrected chi connectivity index (χ0v) is 11.9. The van der Waals surface area contributed by atoms with Gasteiger partial charge in [-0.25, -0.2) is 9.78 Å². The Kier molecular flexibility index (Phi) is 3.67. The molecule has 2 N–H and O–H groups in total. The van der Waals surface area contributed by atoms with E-state index < -0.39 is 35.1 Å². The van der Waals surface area contributed by atoms with Gasteiger partial charge in [0.25, 0.3) is 0 Å². The van der Waals surface area contributed by atoms with Crippen LogP contribution in [-0.4, -0.2) is 35.0 Å². The zero-order chi connectivity index (χ0) is 15.8. The van der Waals surface area contributed by atoms with Crippen LogP contribution in [0.3, 0.4) is 0 Å². The lowest BCUT2D eigenvalue weighted by Crippen LogP contribution is -2.20. The van der Waals surface area contributed by atoms with E-state index in [4.69, 9.17) is 5.11 Å². The van der Waals surface area contributed by atoms with Crippen LogP contribution in [0.2, 0.25) is 0 Å². The SMILES string of the molecule is COC(=O)c1cccnc1NC(=O)[C@@H]1[C@H](C(=O)O)C1(C)C. The van der Waals surface area contributed by atoms with Gasteiger partial charge in [0.05, 0.1) is 18.9 Å². The molecule has 0 unspecified atom stereocenters. The highest BCUT2D eigenvalue weighted by Crippen LogP contribution is 2.58. The Labute approximate surface area is 121 Å². The molecular formula is C14H16N2O5. The van der Waals surface area contributed by atoms with Crippen LogP contribution in [0, 0.1) is 17.3 Å². The summed E-state index contributed by atoms with van der Waals surface area (Å²) in [4.78, 5) is 38.8. The van der Waals surface area contributed by atoms with Crippen molar-refractivity contribution in [2.45, 2.75) is 13.8 Å². The van der Waals surface area contributed by atoms with Crippen molar-refractivity contribution >= 4 is 23.7 Å². The molecule has 0 spiro atoms. The summed E-state index contributed by atoms with van der Waals surface area (Å²) in [6.45, 7) is 3.44. The predicted octanol–water partition coefficient (Wildman–Crippen LogP) is 1.16. The molecular weight excluding hydrogens is 276 g/mol. The molecule has 1 aromatic heterocycles. The van der Waals surface area contributed by atoms with Gasteiger partial charge in [-0.1, -0.05) is 13.8 Å². The monoisotopic (exact) mass is 292 g/mol. The average molecular weight is 292 g/mol. The molecule has 0 aromatic carbocycles. The maximum Gasteiger partial charge on any atom is 0.341 e. The van der Waals surface area contributed by atoms with Gasteiger partial charge in [0.2, 0.25) is 5.91 Å². The molecule has 0 saturated heterocycles. The fraction of sp³-hybridized carbons (Fsp3) is 0.429. The Morgan fingerprint density at radius 1 is 1.33 bits per heavy atom. The van der Waals surface area contributed by atoms with Gasteiger partial charge in [0.15, 0.2) is 0 Å².